The second-order valence-electron chi connectivity index (χ2n) is 6.35. The SMILES string of the molecule is CNc1nc(C(C)C)nc(N2CCC(C(C)O)CC2)c1C. The fraction of sp³-hybridized carbons (Fsp3) is 0.750. The molecule has 0 aromatic carbocycles. The largest absolute Gasteiger partial charge is 0.393 e. The molecule has 0 saturated carbocycles. The van der Waals surface area contributed by atoms with Crippen molar-refractivity contribution in [3.05, 3.63) is 11.4 Å². The van der Waals surface area contributed by atoms with Crippen LogP contribution in [0.3, 0.4) is 0 Å². The molecule has 0 spiro atoms. The van der Waals surface area contributed by atoms with Crippen molar-refractivity contribution in [2.45, 2.75) is 52.6 Å². The lowest BCUT2D eigenvalue weighted by atomic mass is 9.92. The van der Waals surface area contributed by atoms with E-state index in [-0.39, 0.29) is 6.10 Å². The number of nitrogens with one attached hydrogen (secondary N) is 1. The predicted molar refractivity (Wildman–Crippen MR) is 87.0 cm³/mol. The highest BCUT2D eigenvalue weighted by Crippen LogP contribution is 2.30. The molecule has 1 aromatic rings. The molecule has 2 rings (SSSR count). The van der Waals surface area contributed by atoms with Crippen LogP contribution in [0, 0.1) is 12.8 Å². The molecule has 2 heterocycles. The lowest BCUT2D eigenvalue weighted by molar-refractivity contribution is 0.109. The quantitative estimate of drug-likeness (QED) is 0.893. The Morgan fingerprint density at radius 1 is 1.19 bits per heavy atom. The summed E-state index contributed by atoms with van der Waals surface area (Å²) in [5.74, 6) is 3.57. The first kappa shape index (κ1) is 16.0. The topological polar surface area (TPSA) is 61.3 Å². The maximum atomic E-state index is 9.73. The van der Waals surface area contributed by atoms with Gasteiger partial charge in [0.1, 0.15) is 17.5 Å². The lowest BCUT2D eigenvalue weighted by Gasteiger charge is -2.35. The molecule has 1 saturated heterocycles. The van der Waals surface area contributed by atoms with Crippen molar-refractivity contribution in [2.75, 3.05) is 30.4 Å². The Kier molecular flexibility index (Phi) is 5.04. The highest BCUT2D eigenvalue weighted by molar-refractivity contribution is 5.58. The van der Waals surface area contributed by atoms with Gasteiger partial charge >= 0.3 is 0 Å². The van der Waals surface area contributed by atoms with Crippen molar-refractivity contribution in [3.8, 4) is 0 Å². The molecule has 1 atom stereocenters. The molecule has 0 aliphatic carbocycles. The number of piperidine rings is 1. The number of hydrogen-bond acceptors (Lipinski definition) is 5. The smallest absolute Gasteiger partial charge is 0.137 e. The lowest BCUT2D eigenvalue weighted by Crippen LogP contribution is -2.38. The molecule has 1 aliphatic rings. The number of rotatable bonds is 4. The molecule has 118 valence electrons. The van der Waals surface area contributed by atoms with Gasteiger partial charge in [0, 0.05) is 31.6 Å². The maximum absolute atomic E-state index is 9.73. The fourth-order valence-corrected chi connectivity index (χ4v) is 2.92. The molecule has 0 amide bonds. The molecular formula is C16H28N4O. The first-order valence-corrected chi connectivity index (χ1v) is 7.93. The van der Waals surface area contributed by atoms with Gasteiger partial charge in [-0.3, -0.25) is 0 Å². The van der Waals surface area contributed by atoms with Crippen molar-refractivity contribution in [3.63, 3.8) is 0 Å². The maximum Gasteiger partial charge on any atom is 0.137 e. The standard InChI is InChI=1S/C16H28N4O/c1-10(2)14-18-15(17-5)11(3)16(19-14)20-8-6-13(7-9-20)12(4)21/h10,12-13,21H,6-9H2,1-5H3,(H,17,18,19). The fourth-order valence-electron chi connectivity index (χ4n) is 2.92. The molecule has 5 nitrogen and oxygen atoms in total. The van der Waals surface area contributed by atoms with E-state index in [2.05, 4.69) is 36.0 Å². The van der Waals surface area contributed by atoms with E-state index in [0.29, 0.717) is 11.8 Å². The van der Waals surface area contributed by atoms with Gasteiger partial charge in [0.25, 0.3) is 0 Å². The highest BCUT2D eigenvalue weighted by atomic mass is 16.3. The Morgan fingerprint density at radius 2 is 1.81 bits per heavy atom. The van der Waals surface area contributed by atoms with Crippen molar-refractivity contribution in [1.29, 1.82) is 0 Å². The molecular weight excluding hydrogens is 264 g/mol. The van der Waals surface area contributed by atoms with E-state index >= 15 is 0 Å². The third-order valence-corrected chi connectivity index (χ3v) is 4.41. The van der Waals surface area contributed by atoms with Crippen molar-refractivity contribution in [2.24, 2.45) is 5.92 Å². The van der Waals surface area contributed by atoms with E-state index in [4.69, 9.17) is 4.98 Å². The van der Waals surface area contributed by atoms with Crippen molar-refractivity contribution in [1.82, 2.24) is 9.97 Å². The zero-order chi connectivity index (χ0) is 15.6. The van der Waals surface area contributed by atoms with Gasteiger partial charge in [0.05, 0.1) is 6.10 Å². The number of anilines is 2. The van der Waals surface area contributed by atoms with E-state index in [9.17, 15) is 5.11 Å². The van der Waals surface area contributed by atoms with Crippen LogP contribution >= 0.6 is 0 Å². The van der Waals surface area contributed by atoms with Crippen LogP contribution in [0.5, 0.6) is 0 Å². The molecule has 1 aliphatic heterocycles. The van der Waals surface area contributed by atoms with Gasteiger partial charge in [-0.1, -0.05) is 13.8 Å². The molecule has 1 unspecified atom stereocenters. The van der Waals surface area contributed by atoms with Gasteiger partial charge in [-0.25, -0.2) is 9.97 Å². The van der Waals surface area contributed by atoms with E-state index in [1.807, 2.05) is 14.0 Å². The summed E-state index contributed by atoms with van der Waals surface area (Å²) in [6.45, 7) is 10.1. The Balaban J connectivity index is 2.25. The molecule has 1 fully saturated rings. The highest BCUT2D eigenvalue weighted by Gasteiger charge is 2.25. The number of aromatic nitrogens is 2. The zero-order valence-electron chi connectivity index (χ0n) is 13.8. The summed E-state index contributed by atoms with van der Waals surface area (Å²) in [5.41, 5.74) is 1.11. The third-order valence-electron chi connectivity index (χ3n) is 4.41. The first-order valence-electron chi connectivity index (χ1n) is 7.93. The van der Waals surface area contributed by atoms with E-state index in [1.165, 1.54) is 0 Å². The number of aliphatic hydroxyl groups is 1. The summed E-state index contributed by atoms with van der Waals surface area (Å²) in [6.07, 6.45) is 1.83. The second kappa shape index (κ2) is 6.60. The summed E-state index contributed by atoms with van der Waals surface area (Å²) >= 11 is 0. The molecule has 5 heteroatoms. The minimum Gasteiger partial charge on any atom is -0.393 e. The minimum atomic E-state index is -0.210. The Labute approximate surface area is 127 Å². The number of aliphatic hydroxyl groups excluding tert-OH is 1. The van der Waals surface area contributed by atoms with Crippen LogP contribution in [-0.4, -0.2) is 41.3 Å². The summed E-state index contributed by atoms with van der Waals surface area (Å²) in [4.78, 5) is 11.7. The molecule has 0 radical (unpaired) electrons. The average Bonchev–Trinajstić information content (AvgIpc) is 2.47. The summed E-state index contributed by atoms with van der Waals surface area (Å²) in [7, 11) is 1.91. The minimum absolute atomic E-state index is 0.210. The van der Waals surface area contributed by atoms with Crippen LogP contribution in [-0.2, 0) is 0 Å². The third kappa shape index (κ3) is 3.46. The second-order valence-corrected chi connectivity index (χ2v) is 6.35. The van der Waals surface area contributed by atoms with Crippen molar-refractivity contribution >= 4 is 11.6 Å². The molecule has 21 heavy (non-hydrogen) atoms. The first-order chi connectivity index (χ1) is 9.93. The zero-order valence-corrected chi connectivity index (χ0v) is 13.8. The van der Waals surface area contributed by atoms with Gasteiger partial charge in [-0.05, 0) is 32.6 Å². The van der Waals surface area contributed by atoms with Crippen LogP contribution in [0.25, 0.3) is 0 Å². The van der Waals surface area contributed by atoms with Crippen molar-refractivity contribution < 1.29 is 5.11 Å². The number of hydrogen-bond donors (Lipinski definition) is 2. The van der Waals surface area contributed by atoms with Crippen LogP contribution in [0.1, 0.15) is 50.9 Å². The van der Waals surface area contributed by atoms with E-state index in [1.54, 1.807) is 0 Å². The summed E-state index contributed by atoms with van der Waals surface area (Å²) in [6, 6.07) is 0. The van der Waals surface area contributed by atoms with E-state index in [0.717, 1.165) is 49.0 Å². The summed E-state index contributed by atoms with van der Waals surface area (Å²) in [5, 5.41) is 12.9. The predicted octanol–water partition coefficient (Wildman–Crippen LogP) is 2.55. The normalized spacial score (nSPS) is 18.1. The van der Waals surface area contributed by atoms with Gasteiger partial charge in [0.2, 0.25) is 0 Å². The number of nitrogens with zero attached hydrogens (tertiary/aromatic N) is 3. The molecule has 2 N–H and O–H groups in total. The van der Waals surface area contributed by atoms with Gasteiger partial charge in [0.15, 0.2) is 0 Å². The van der Waals surface area contributed by atoms with Crippen LogP contribution < -0.4 is 10.2 Å². The monoisotopic (exact) mass is 292 g/mol. The Hall–Kier alpha value is -1.36. The Morgan fingerprint density at radius 3 is 2.29 bits per heavy atom. The molecule has 0 bridgehead atoms. The summed E-state index contributed by atoms with van der Waals surface area (Å²) < 4.78 is 0. The van der Waals surface area contributed by atoms with Gasteiger partial charge in [-0.15, -0.1) is 0 Å². The van der Waals surface area contributed by atoms with Gasteiger partial charge < -0.3 is 15.3 Å². The van der Waals surface area contributed by atoms with Crippen LogP contribution in [0.4, 0.5) is 11.6 Å². The average molecular weight is 292 g/mol. The van der Waals surface area contributed by atoms with E-state index < -0.39 is 0 Å². The van der Waals surface area contributed by atoms with Crippen LogP contribution in [0.15, 0.2) is 0 Å². The van der Waals surface area contributed by atoms with Gasteiger partial charge in [-0.2, -0.15) is 0 Å². The molecule has 1 aromatic heterocycles. The Bertz CT molecular complexity index is 479. The van der Waals surface area contributed by atoms with Crippen LogP contribution in [0.2, 0.25) is 0 Å².